The van der Waals surface area contributed by atoms with E-state index in [1.807, 2.05) is 24.5 Å². The highest BCUT2D eigenvalue weighted by atomic mass is 19.1. The fourth-order valence-corrected chi connectivity index (χ4v) is 6.51. The van der Waals surface area contributed by atoms with Gasteiger partial charge in [0, 0.05) is 53.6 Å². The summed E-state index contributed by atoms with van der Waals surface area (Å²) in [4.78, 5) is 29.5. The molecule has 0 amide bonds. The Labute approximate surface area is 218 Å². The molecule has 5 aromatic rings. The molecule has 2 atom stereocenters. The van der Waals surface area contributed by atoms with Crippen molar-refractivity contribution in [1.29, 1.82) is 0 Å². The zero-order valence-electron chi connectivity index (χ0n) is 20.9. The maximum Gasteiger partial charge on any atom is 0.163 e. The fraction of sp³-hybridized carbons (Fsp3) is 0.345. The van der Waals surface area contributed by atoms with E-state index in [4.69, 9.17) is 9.97 Å². The number of hydrogen-bond acceptors (Lipinski definition) is 7. The number of nitrogens with zero attached hydrogens (tertiary/aromatic N) is 6. The minimum atomic E-state index is -0.381. The molecule has 1 saturated carbocycles. The molecule has 38 heavy (non-hydrogen) atoms. The lowest BCUT2D eigenvalue weighted by Gasteiger charge is -2.30. The number of fused-ring (bicyclic) bond motifs is 3. The third-order valence-corrected chi connectivity index (χ3v) is 8.61. The van der Waals surface area contributed by atoms with Crippen LogP contribution < -0.4 is 10.2 Å². The first kappa shape index (κ1) is 22.0. The third-order valence-electron chi connectivity index (χ3n) is 8.61. The molecule has 3 fully saturated rings. The topological polar surface area (TPSA) is 95.5 Å². The van der Waals surface area contributed by atoms with E-state index in [-0.39, 0.29) is 11.5 Å². The number of hydrogen-bond donors (Lipinski definition) is 2. The van der Waals surface area contributed by atoms with E-state index in [0.29, 0.717) is 35.2 Å². The van der Waals surface area contributed by atoms with Crippen LogP contribution in [0.2, 0.25) is 0 Å². The normalized spacial score (nSPS) is 21.3. The van der Waals surface area contributed by atoms with Crippen molar-refractivity contribution in [3.05, 3.63) is 60.4 Å². The number of anilines is 1. The molecule has 3 aliphatic rings. The number of aromatic nitrogens is 6. The molecule has 7 heterocycles. The Morgan fingerprint density at radius 1 is 1.00 bits per heavy atom. The monoisotopic (exact) mass is 506 g/mol. The van der Waals surface area contributed by atoms with Crippen molar-refractivity contribution >= 4 is 27.8 Å². The molecule has 190 valence electrons. The first-order chi connectivity index (χ1) is 18.7. The van der Waals surface area contributed by atoms with Crippen LogP contribution in [0.1, 0.15) is 43.6 Å². The summed E-state index contributed by atoms with van der Waals surface area (Å²) in [6, 6.07) is 7.77. The van der Waals surface area contributed by atoms with Crippen molar-refractivity contribution in [3.8, 4) is 22.8 Å². The smallest absolute Gasteiger partial charge is 0.163 e. The van der Waals surface area contributed by atoms with Gasteiger partial charge in [0.05, 0.1) is 17.4 Å². The Hall–Kier alpha value is -3.98. The summed E-state index contributed by atoms with van der Waals surface area (Å²) in [6.45, 7) is 2.01. The van der Waals surface area contributed by atoms with E-state index in [1.54, 1.807) is 18.5 Å². The van der Waals surface area contributed by atoms with E-state index in [1.165, 1.54) is 30.9 Å². The maximum absolute atomic E-state index is 14.5. The summed E-state index contributed by atoms with van der Waals surface area (Å²) in [7, 11) is 0. The Kier molecular flexibility index (Phi) is 4.95. The molecule has 1 aliphatic carbocycles. The Balaban J connectivity index is 1.33. The van der Waals surface area contributed by atoms with Crippen LogP contribution in [-0.4, -0.2) is 55.1 Å². The molecule has 9 heteroatoms. The molecular weight excluding hydrogens is 479 g/mol. The van der Waals surface area contributed by atoms with E-state index < -0.39 is 0 Å². The van der Waals surface area contributed by atoms with Gasteiger partial charge in [-0.2, -0.15) is 0 Å². The van der Waals surface area contributed by atoms with Gasteiger partial charge in [-0.05, 0) is 68.0 Å². The highest BCUT2D eigenvalue weighted by Crippen LogP contribution is 2.44. The van der Waals surface area contributed by atoms with E-state index >= 15 is 0 Å². The summed E-state index contributed by atoms with van der Waals surface area (Å²) in [5, 5.41) is 5.66. The van der Waals surface area contributed by atoms with Gasteiger partial charge in [0.1, 0.15) is 17.2 Å². The summed E-state index contributed by atoms with van der Waals surface area (Å²) in [5.74, 6) is 1.79. The van der Waals surface area contributed by atoms with E-state index in [0.717, 1.165) is 53.6 Å². The average Bonchev–Trinajstić information content (AvgIpc) is 3.63. The quantitative estimate of drug-likeness (QED) is 0.355. The molecule has 2 N–H and O–H groups in total. The first-order valence-electron chi connectivity index (χ1n) is 13.5. The second kappa shape index (κ2) is 8.52. The predicted octanol–water partition coefficient (Wildman–Crippen LogP) is 4.98. The molecule has 8 rings (SSSR count). The lowest BCUT2D eigenvalue weighted by molar-refractivity contribution is 0.421. The molecule has 5 aromatic heterocycles. The van der Waals surface area contributed by atoms with Gasteiger partial charge in [0.2, 0.25) is 0 Å². The highest BCUT2D eigenvalue weighted by Gasteiger charge is 2.39. The standard InChI is InChI=1S/C29H27FN8/c30-20-5-2-9-33-26(20)22-13-18-17(6-10-34-27(18)35-22)28-36-23-15-31-14-19(16-3-1-4-16)25(23)29(37-28)38-12-8-21-24(38)7-11-32-21/h2,5-6,9-10,13-16,21,24,32H,1,3-4,7-8,11-12H2,(H,34,35)/t21?,24-/m1/s1. The molecule has 0 aromatic carbocycles. The van der Waals surface area contributed by atoms with Crippen molar-refractivity contribution in [2.45, 2.75) is 50.1 Å². The van der Waals surface area contributed by atoms with Crippen molar-refractivity contribution in [1.82, 2.24) is 35.2 Å². The summed E-state index contributed by atoms with van der Waals surface area (Å²) >= 11 is 0. The van der Waals surface area contributed by atoms with Gasteiger partial charge in [-0.1, -0.05) is 6.42 Å². The van der Waals surface area contributed by atoms with Gasteiger partial charge >= 0.3 is 0 Å². The van der Waals surface area contributed by atoms with Gasteiger partial charge in [-0.3, -0.25) is 9.97 Å². The third kappa shape index (κ3) is 3.34. The molecule has 8 nitrogen and oxygen atoms in total. The van der Waals surface area contributed by atoms with Crippen LogP contribution >= 0.6 is 0 Å². The Morgan fingerprint density at radius 2 is 1.95 bits per heavy atom. The van der Waals surface area contributed by atoms with Crippen molar-refractivity contribution in [2.75, 3.05) is 18.0 Å². The lowest BCUT2D eigenvalue weighted by Crippen LogP contribution is -2.35. The summed E-state index contributed by atoms with van der Waals surface area (Å²) in [6.07, 6.45) is 13.1. The molecule has 1 unspecified atom stereocenters. The predicted molar refractivity (Wildman–Crippen MR) is 144 cm³/mol. The van der Waals surface area contributed by atoms with Crippen LogP contribution in [0, 0.1) is 5.82 Å². The van der Waals surface area contributed by atoms with Crippen LogP contribution in [0.4, 0.5) is 10.2 Å². The molecule has 0 bridgehead atoms. The van der Waals surface area contributed by atoms with Gasteiger partial charge in [0.15, 0.2) is 11.6 Å². The van der Waals surface area contributed by atoms with Crippen molar-refractivity contribution < 1.29 is 4.39 Å². The van der Waals surface area contributed by atoms with Crippen molar-refractivity contribution in [3.63, 3.8) is 0 Å². The Bertz CT molecular complexity index is 1690. The Morgan fingerprint density at radius 3 is 2.82 bits per heavy atom. The van der Waals surface area contributed by atoms with Crippen LogP contribution in [0.15, 0.2) is 49.1 Å². The van der Waals surface area contributed by atoms with E-state index in [9.17, 15) is 4.39 Å². The summed E-state index contributed by atoms with van der Waals surface area (Å²) < 4.78 is 14.5. The van der Waals surface area contributed by atoms with Gasteiger partial charge in [-0.25, -0.2) is 19.3 Å². The number of halogens is 1. The lowest BCUT2D eigenvalue weighted by atomic mass is 9.79. The number of pyridine rings is 3. The first-order valence-corrected chi connectivity index (χ1v) is 13.5. The van der Waals surface area contributed by atoms with Crippen molar-refractivity contribution in [2.24, 2.45) is 0 Å². The van der Waals surface area contributed by atoms with Crippen LogP contribution in [0.25, 0.3) is 44.7 Å². The zero-order valence-corrected chi connectivity index (χ0v) is 20.9. The SMILES string of the molecule is Fc1cccnc1-c1cc2c(-c3nc(N4CCC5NCC[C@H]54)c4c(C5CCC5)cncc4n3)ccnc2[nH]1. The molecule has 2 aliphatic heterocycles. The minimum absolute atomic E-state index is 0.266. The van der Waals surface area contributed by atoms with E-state index in [2.05, 4.69) is 30.2 Å². The minimum Gasteiger partial charge on any atom is -0.351 e. The molecule has 0 spiro atoms. The molecule has 0 radical (unpaired) electrons. The van der Waals surface area contributed by atoms with Crippen LogP contribution in [0.5, 0.6) is 0 Å². The van der Waals surface area contributed by atoms with Gasteiger partial charge in [0.25, 0.3) is 0 Å². The largest absolute Gasteiger partial charge is 0.351 e. The second-order valence-corrected chi connectivity index (χ2v) is 10.7. The summed E-state index contributed by atoms with van der Waals surface area (Å²) in [5.41, 5.74) is 4.50. The molecule has 2 saturated heterocycles. The fourth-order valence-electron chi connectivity index (χ4n) is 6.51. The number of nitrogens with one attached hydrogen (secondary N) is 2. The molecular formula is C29H27FN8. The number of H-pyrrole nitrogens is 1. The van der Waals surface area contributed by atoms with Gasteiger partial charge < -0.3 is 15.2 Å². The highest BCUT2D eigenvalue weighted by molar-refractivity contribution is 5.98. The van der Waals surface area contributed by atoms with Crippen LogP contribution in [0.3, 0.4) is 0 Å². The van der Waals surface area contributed by atoms with Crippen LogP contribution in [-0.2, 0) is 0 Å². The van der Waals surface area contributed by atoms with Gasteiger partial charge in [-0.15, -0.1) is 0 Å². The second-order valence-electron chi connectivity index (χ2n) is 10.7. The zero-order chi connectivity index (χ0) is 25.2. The maximum atomic E-state index is 14.5. The number of rotatable bonds is 4. The number of aromatic amines is 1. The average molecular weight is 507 g/mol.